The Labute approximate surface area is 187 Å². The average Bonchev–Trinajstić information content (AvgIpc) is 3.23. The lowest BCUT2D eigenvalue weighted by molar-refractivity contribution is 0.0846. The lowest BCUT2D eigenvalue weighted by Gasteiger charge is -2.19. The molecule has 4 rings (SSSR count). The van der Waals surface area contributed by atoms with Crippen LogP contribution in [0, 0.1) is 0 Å². The summed E-state index contributed by atoms with van der Waals surface area (Å²) in [5.74, 6) is 1.37. The zero-order valence-electron chi connectivity index (χ0n) is 18.6. The standard InChI is InChI=1S/C24H29N3O5/c1-3-31-22-14-23-25-20(17-7-9-30-10-8-17)16-27(23)15-18(22)13-21(28)19-5-4-6-24(26-19)32-12-11-29-2/h4-6,14-17H,3,7-13H2,1-2H3. The van der Waals surface area contributed by atoms with Crippen LogP contribution < -0.4 is 9.47 Å². The molecule has 0 bridgehead atoms. The maximum Gasteiger partial charge on any atom is 0.213 e. The van der Waals surface area contributed by atoms with Crippen LogP contribution in [0.1, 0.15) is 47.4 Å². The van der Waals surface area contributed by atoms with Crippen molar-refractivity contribution in [3.8, 4) is 11.6 Å². The molecule has 0 aromatic carbocycles. The molecular formula is C24H29N3O5. The Morgan fingerprint density at radius 1 is 1.16 bits per heavy atom. The minimum absolute atomic E-state index is 0.104. The molecule has 32 heavy (non-hydrogen) atoms. The van der Waals surface area contributed by atoms with Crippen molar-refractivity contribution < 1.29 is 23.7 Å². The molecule has 1 fully saturated rings. The Bertz CT molecular complexity index is 1060. The summed E-state index contributed by atoms with van der Waals surface area (Å²) in [6.45, 7) is 4.80. The van der Waals surface area contributed by atoms with Gasteiger partial charge in [0.25, 0.3) is 0 Å². The second-order valence-corrected chi connectivity index (χ2v) is 7.72. The number of pyridine rings is 2. The van der Waals surface area contributed by atoms with Gasteiger partial charge in [0.05, 0.1) is 18.9 Å². The van der Waals surface area contributed by atoms with Gasteiger partial charge in [-0.2, -0.15) is 0 Å². The molecule has 0 radical (unpaired) electrons. The lowest BCUT2D eigenvalue weighted by Crippen LogP contribution is -2.14. The summed E-state index contributed by atoms with van der Waals surface area (Å²) in [6, 6.07) is 7.11. The summed E-state index contributed by atoms with van der Waals surface area (Å²) in [5.41, 5.74) is 3.03. The number of aromatic nitrogens is 3. The van der Waals surface area contributed by atoms with Gasteiger partial charge in [0.15, 0.2) is 5.78 Å². The molecule has 8 heteroatoms. The Hall–Kier alpha value is -2.97. The van der Waals surface area contributed by atoms with Crippen molar-refractivity contribution in [3.63, 3.8) is 0 Å². The summed E-state index contributed by atoms with van der Waals surface area (Å²) < 4.78 is 23.8. The number of rotatable bonds is 10. The van der Waals surface area contributed by atoms with Gasteiger partial charge in [0.1, 0.15) is 23.7 Å². The quantitative estimate of drug-likeness (QED) is 0.353. The van der Waals surface area contributed by atoms with Crippen molar-refractivity contribution in [1.82, 2.24) is 14.4 Å². The average molecular weight is 440 g/mol. The van der Waals surface area contributed by atoms with Crippen molar-refractivity contribution in [2.75, 3.05) is 40.1 Å². The number of imidazole rings is 1. The Morgan fingerprint density at radius 2 is 2.00 bits per heavy atom. The number of ether oxygens (including phenoxy) is 4. The normalized spacial score (nSPS) is 14.6. The highest BCUT2D eigenvalue weighted by atomic mass is 16.5. The lowest BCUT2D eigenvalue weighted by atomic mass is 9.97. The molecule has 3 aromatic heterocycles. The van der Waals surface area contributed by atoms with E-state index < -0.39 is 0 Å². The zero-order valence-corrected chi connectivity index (χ0v) is 18.6. The number of carbonyl (C=O) groups excluding carboxylic acids is 1. The highest BCUT2D eigenvalue weighted by Crippen LogP contribution is 2.29. The fourth-order valence-electron chi connectivity index (χ4n) is 3.84. The predicted molar refractivity (Wildman–Crippen MR) is 119 cm³/mol. The first-order valence-corrected chi connectivity index (χ1v) is 11.0. The molecule has 0 amide bonds. The van der Waals surface area contributed by atoms with E-state index >= 15 is 0 Å². The van der Waals surface area contributed by atoms with Crippen LogP contribution in [0.3, 0.4) is 0 Å². The third-order valence-electron chi connectivity index (χ3n) is 5.49. The van der Waals surface area contributed by atoms with Crippen LogP contribution in [-0.4, -0.2) is 60.3 Å². The zero-order chi connectivity index (χ0) is 22.3. The molecular weight excluding hydrogens is 410 g/mol. The predicted octanol–water partition coefficient (Wildman–Crippen LogP) is 3.47. The molecule has 4 heterocycles. The third-order valence-corrected chi connectivity index (χ3v) is 5.49. The summed E-state index contributed by atoms with van der Waals surface area (Å²) in [4.78, 5) is 22.2. The molecule has 0 aliphatic carbocycles. The monoisotopic (exact) mass is 439 g/mol. The van der Waals surface area contributed by atoms with Gasteiger partial charge >= 0.3 is 0 Å². The van der Waals surface area contributed by atoms with E-state index in [1.165, 1.54) is 0 Å². The van der Waals surface area contributed by atoms with Crippen molar-refractivity contribution in [1.29, 1.82) is 0 Å². The number of ketones is 1. The highest BCUT2D eigenvalue weighted by molar-refractivity contribution is 5.96. The molecule has 0 N–H and O–H groups in total. The minimum atomic E-state index is -0.104. The van der Waals surface area contributed by atoms with Crippen molar-refractivity contribution >= 4 is 11.4 Å². The van der Waals surface area contributed by atoms with E-state index in [9.17, 15) is 4.79 Å². The van der Waals surface area contributed by atoms with Gasteiger partial charge < -0.3 is 23.3 Å². The number of Topliss-reactive ketones (excluding diaryl/α,β-unsaturated/α-hetero) is 1. The number of nitrogens with zero attached hydrogens (tertiary/aromatic N) is 3. The third kappa shape index (κ3) is 5.26. The molecule has 1 aliphatic heterocycles. The number of fused-ring (bicyclic) bond motifs is 1. The molecule has 0 saturated carbocycles. The van der Waals surface area contributed by atoms with E-state index in [-0.39, 0.29) is 12.2 Å². The van der Waals surface area contributed by atoms with E-state index in [0.29, 0.717) is 43.1 Å². The van der Waals surface area contributed by atoms with E-state index in [2.05, 4.69) is 11.2 Å². The van der Waals surface area contributed by atoms with Crippen LogP contribution >= 0.6 is 0 Å². The second-order valence-electron chi connectivity index (χ2n) is 7.72. The van der Waals surface area contributed by atoms with E-state index in [4.69, 9.17) is 23.9 Å². The van der Waals surface area contributed by atoms with Gasteiger partial charge in [-0.05, 0) is 25.8 Å². The molecule has 1 saturated heterocycles. The first kappa shape index (κ1) is 22.2. The molecule has 3 aromatic rings. The van der Waals surface area contributed by atoms with E-state index in [0.717, 1.165) is 43.0 Å². The SMILES string of the molecule is CCOc1cc2nc(C3CCOCC3)cn2cc1CC(=O)c1cccc(OCCOC)n1. The fraction of sp³-hybridized carbons (Fsp3) is 0.458. The van der Waals surface area contributed by atoms with Crippen molar-refractivity contribution in [3.05, 3.63) is 53.6 Å². The molecule has 0 spiro atoms. The van der Waals surface area contributed by atoms with Crippen LogP contribution in [-0.2, 0) is 15.9 Å². The minimum Gasteiger partial charge on any atom is -0.493 e. The van der Waals surface area contributed by atoms with Crippen LogP contribution in [0.15, 0.2) is 36.7 Å². The van der Waals surface area contributed by atoms with Crippen LogP contribution in [0.5, 0.6) is 11.6 Å². The second kappa shape index (κ2) is 10.6. The molecule has 1 aliphatic rings. The van der Waals surface area contributed by atoms with Crippen LogP contribution in [0.25, 0.3) is 5.65 Å². The fourth-order valence-corrected chi connectivity index (χ4v) is 3.84. The first-order valence-electron chi connectivity index (χ1n) is 11.0. The van der Waals surface area contributed by atoms with Gasteiger partial charge in [-0.25, -0.2) is 9.97 Å². The number of methoxy groups -OCH3 is 1. The van der Waals surface area contributed by atoms with E-state index in [1.54, 1.807) is 25.3 Å². The summed E-state index contributed by atoms with van der Waals surface area (Å²) in [6.07, 6.45) is 6.11. The molecule has 170 valence electrons. The van der Waals surface area contributed by atoms with Gasteiger partial charge in [-0.3, -0.25) is 4.79 Å². The Morgan fingerprint density at radius 3 is 2.78 bits per heavy atom. The maximum atomic E-state index is 13.0. The summed E-state index contributed by atoms with van der Waals surface area (Å²) >= 11 is 0. The van der Waals surface area contributed by atoms with Gasteiger partial charge in [-0.15, -0.1) is 0 Å². The number of carbonyl (C=O) groups is 1. The Kier molecular flexibility index (Phi) is 7.34. The Balaban J connectivity index is 1.56. The van der Waals surface area contributed by atoms with Gasteiger partial charge in [-0.1, -0.05) is 6.07 Å². The number of hydrogen-bond donors (Lipinski definition) is 0. The van der Waals surface area contributed by atoms with Crippen molar-refractivity contribution in [2.24, 2.45) is 0 Å². The molecule has 0 unspecified atom stereocenters. The molecule has 0 atom stereocenters. The van der Waals surface area contributed by atoms with E-state index in [1.807, 2.05) is 23.6 Å². The van der Waals surface area contributed by atoms with Crippen LogP contribution in [0.4, 0.5) is 0 Å². The number of hydrogen-bond acceptors (Lipinski definition) is 7. The summed E-state index contributed by atoms with van der Waals surface area (Å²) in [7, 11) is 1.61. The molecule has 8 nitrogen and oxygen atoms in total. The van der Waals surface area contributed by atoms with Gasteiger partial charge in [0, 0.05) is 62.8 Å². The highest BCUT2D eigenvalue weighted by Gasteiger charge is 2.20. The maximum absolute atomic E-state index is 13.0. The smallest absolute Gasteiger partial charge is 0.213 e. The van der Waals surface area contributed by atoms with Crippen molar-refractivity contribution in [2.45, 2.75) is 32.1 Å². The largest absolute Gasteiger partial charge is 0.493 e. The summed E-state index contributed by atoms with van der Waals surface area (Å²) in [5, 5.41) is 0. The topological polar surface area (TPSA) is 84.2 Å². The first-order chi connectivity index (χ1) is 15.7. The van der Waals surface area contributed by atoms with Gasteiger partial charge in [0.2, 0.25) is 5.88 Å². The van der Waals surface area contributed by atoms with Crippen LogP contribution in [0.2, 0.25) is 0 Å².